The maximum atomic E-state index is 12.2. The summed E-state index contributed by atoms with van der Waals surface area (Å²) >= 11 is 5.85. The van der Waals surface area contributed by atoms with Gasteiger partial charge >= 0.3 is 0 Å². The number of rotatable bonds is 6. The number of benzene rings is 1. The Kier molecular flexibility index (Phi) is 5.83. The molecule has 0 fully saturated rings. The Balaban J connectivity index is 2.58. The van der Waals surface area contributed by atoms with E-state index in [0.29, 0.717) is 6.54 Å². The second-order valence-electron chi connectivity index (χ2n) is 5.32. The Hall–Kier alpha value is -1.06. The molecule has 0 aliphatic heterocycles. The third-order valence-electron chi connectivity index (χ3n) is 3.61. The van der Waals surface area contributed by atoms with Crippen LogP contribution in [0, 0.1) is 5.41 Å². The van der Waals surface area contributed by atoms with Crippen molar-refractivity contribution in [3.05, 3.63) is 34.9 Å². The van der Waals surface area contributed by atoms with Gasteiger partial charge in [-0.3, -0.25) is 4.79 Å². The number of amides is 1. The van der Waals surface area contributed by atoms with Crippen LogP contribution in [-0.2, 0) is 11.2 Å². The van der Waals surface area contributed by atoms with Crippen LogP contribution in [0.4, 0.5) is 0 Å². The van der Waals surface area contributed by atoms with Gasteiger partial charge in [-0.1, -0.05) is 30.7 Å². The van der Waals surface area contributed by atoms with Gasteiger partial charge in [0.05, 0.1) is 5.41 Å². The van der Waals surface area contributed by atoms with E-state index in [-0.39, 0.29) is 11.9 Å². The SMILES string of the molecule is CCC(C)(CN)C(=O)NC(C)Cc1ccc(Cl)cc1. The van der Waals surface area contributed by atoms with Crippen molar-refractivity contribution in [1.82, 2.24) is 5.32 Å². The number of carbonyl (C=O) groups is 1. The summed E-state index contributed by atoms with van der Waals surface area (Å²) in [6.45, 7) is 6.25. The highest BCUT2D eigenvalue weighted by atomic mass is 35.5. The van der Waals surface area contributed by atoms with Crippen molar-refractivity contribution in [2.24, 2.45) is 11.1 Å². The molecule has 0 aliphatic carbocycles. The van der Waals surface area contributed by atoms with Gasteiger partial charge in [0.1, 0.15) is 0 Å². The molecule has 1 rings (SSSR count). The highest BCUT2D eigenvalue weighted by Crippen LogP contribution is 2.19. The van der Waals surface area contributed by atoms with Gasteiger partial charge in [-0.15, -0.1) is 0 Å². The number of carbonyl (C=O) groups excluding carboxylic acids is 1. The molecule has 0 spiro atoms. The lowest BCUT2D eigenvalue weighted by Gasteiger charge is -2.27. The molecule has 2 atom stereocenters. The molecule has 1 aromatic rings. The smallest absolute Gasteiger partial charge is 0.227 e. The Morgan fingerprint density at radius 1 is 1.42 bits per heavy atom. The molecule has 0 aromatic heterocycles. The molecule has 106 valence electrons. The van der Waals surface area contributed by atoms with Crippen LogP contribution in [0.2, 0.25) is 5.02 Å². The standard InChI is InChI=1S/C15H23ClN2O/c1-4-15(3,10-17)14(19)18-11(2)9-12-5-7-13(16)8-6-12/h5-8,11H,4,9-10,17H2,1-3H3,(H,18,19). The Morgan fingerprint density at radius 2 is 2.00 bits per heavy atom. The Bertz CT molecular complexity index is 413. The summed E-state index contributed by atoms with van der Waals surface area (Å²) < 4.78 is 0. The van der Waals surface area contributed by atoms with Crippen LogP contribution in [0.25, 0.3) is 0 Å². The molecule has 0 saturated heterocycles. The van der Waals surface area contributed by atoms with E-state index in [1.807, 2.05) is 45.0 Å². The maximum Gasteiger partial charge on any atom is 0.227 e. The third kappa shape index (κ3) is 4.51. The van der Waals surface area contributed by atoms with Gasteiger partial charge < -0.3 is 11.1 Å². The predicted molar refractivity (Wildman–Crippen MR) is 80.2 cm³/mol. The second-order valence-corrected chi connectivity index (χ2v) is 5.76. The fourth-order valence-electron chi connectivity index (χ4n) is 1.82. The van der Waals surface area contributed by atoms with E-state index in [1.54, 1.807) is 0 Å². The minimum absolute atomic E-state index is 0.0268. The lowest BCUT2D eigenvalue weighted by atomic mass is 9.86. The normalized spacial score (nSPS) is 15.6. The van der Waals surface area contributed by atoms with E-state index in [4.69, 9.17) is 17.3 Å². The molecule has 0 heterocycles. The molecule has 3 nitrogen and oxygen atoms in total. The van der Waals surface area contributed by atoms with Crippen molar-refractivity contribution in [2.45, 2.75) is 39.7 Å². The van der Waals surface area contributed by atoms with Gasteiger partial charge in [-0.2, -0.15) is 0 Å². The molecule has 19 heavy (non-hydrogen) atoms. The molecular weight excluding hydrogens is 260 g/mol. The van der Waals surface area contributed by atoms with Crippen LogP contribution < -0.4 is 11.1 Å². The minimum atomic E-state index is -0.478. The molecule has 0 bridgehead atoms. The third-order valence-corrected chi connectivity index (χ3v) is 3.86. The van der Waals surface area contributed by atoms with Crippen molar-refractivity contribution in [1.29, 1.82) is 0 Å². The van der Waals surface area contributed by atoms with Gasteiger partial charge in [0.2, 0.25) is 5.91 Å². The van der Waals surface area contributed by atoms with Crippen molar-refractivity contribution in [3.63, 3.8) is 0 Å². The van der Waals surface area contributed by atoms with E-state index in [1.165, 1.54) is 0 Å². The van der Waals surface area contributed by atoms with Crippen molar-refractivity contribution < 1.29 is 4.79 Å². The molecule has 1 amide bonds. The lowest BCUT2D eigenvalue weighted by molar-refractivity contribution is -0.130. The van der Waals surface area contributed by atoms with E-state index in [0.717, 1.165) is 23.4 Å². The van der Waals surface area contributed by atoms with Gasteiger partial charge in [-0.25, -0.2) is 0 Å². The topological polar surface area (TPSA) is 55.1 Å². The highest BCUT2D eigenvalue weighted by Gasteiger charge is 2.30. The number of hydrogen-bond donors (Lipinski definition) is 2. The van der Waals surface area contributed by atoms with E-state index in [2.05, 4.69) is 5.32 Å². The van der Waals surface area contributed by atoms with Gasteiger partial charge in [-0.05, 0) is 44.4 Å². The second kappa shape index (κ2) is 6.92. The molecule has 0 saturated carbocycles. The van der Waals surface area contributed by atoms with Crippen molar-refractivity contribution in [3.8, 4) is 0 Å². The Labute approximate surface area is 120 Å². The van der Waals surface area contributed by atoms with Crippen LogP contribution >= 0.6 is 11.6 Å². The molecule has 3 N–H and O–H groups in total. The molecule has 0 aliphatic rings. The van der Waals surface area contributed by atoms with Gasteiger partial charge in [0.25, 0.3) is 0 Å². The Morgan fingerprint density at radius 3 is 2.47 bits per heavy atom. The molecule has 2 unspecified atom stereocenters. The number of hydrogen-bond acceptors (Lipinski definition) is 2. The summed E-state index contributed by atoms with van der Waals surface area (Å²) in [4.78, 5) is 12.2. The minimum Gasteiger partial charge on any atom is -0.353 e. The highest BCUT2D eigenvalue weighted by molar-refractivity contribution is 6.30. The number of nitrogens with one attached hydrogen (secondary N) is 1. The molecular formula is C15H23ClN2O. The van der Waals surface area contributed by atoms with E-state index in [9.17, 15) is 4.79 Å². The van der Waals surface area contributed by atoms with Crippen LogP contribution in [-0.4, -0.2) is 18.5 Å². The summed E-state index contributed by atoms with van der Waals surface area (Å²) in [5.74, 6) is 0.0268. The van der Waals surface area contributed by atoms with Crippen LogP contribution in [0.15, 0.2) is 24.3 Å². The first-order chi connectivity index (χ1) is 8.91. The zero-order chi connectivity index (χ0) is 14.5. The van der Waals surface area contributed by atoms with E-state index >= 15 is 0 Å². The monoisotopic (exact) mass is 282 g/mol. The predicted octanol–water partition coefficient (Wildman–Crippen LogP) is 2.76. The largest absolute Gasteiger partial charge is 0.353 e. The zero-order valence-electron chi connectivity index (χ0n) is 11.9. The summed E-state index contributed by atoms with van der Waals surface area (Å²) in [5, 5.41) is 3.76. The average molecular weight is 283 g/mol. The van der Waals surface area contributed by atoms with Crippen molar-refractivity contribution in [2.75, 3.05) is 6.54 Å². The van der Waals surface area contributed by atoms with Crippen molar-refractivity contribution >= 4 is 17.5 Å². The van der Waals surface area contributed by atoms with Gasteiger partial charge in [0.15, 0.2) is 0 Å². The summed E-state index contributed by atoms with van der Waals surface area (Å²) in [5.41, 5.74) is 6.37. The zero-order valence-corrected chi connectivity index (χ0v) is 12.6. The first-order valence-electron chi connectivity index (χ1n) is 6.66. The summed E-state index contributed by atoms with van der Waals surface area (Å²) in [6.07, 6.45) is 1.52. The molecule has 0 radical (unpaired) electrons. The first-order valence-corrected chi connectivity index (χ1v) is 7.04. The summed E-state index contributed by atoms with van der Waals surface area (Å²) in [7, 11) is 0. The van der Waals surface area contributed by atoms with Crippen LogP contribution in [0.3, 0.4) is 0 Å². The number of halogens is 1. The molecule has 1 aromatic carbocycles. The van der Waals surface area contributed by atoms with E-state index < -0.39 is 5.41 Å². The van der Waals surface area contributed by atoms with Crippen LogP contribution in [0.5, 0.6) is 0 Å². The fraction of sp³-hybridized carbons (Fsp3) is 0.533. The maximum absolute atomic E-state index is 12.2. The quantitative estimate of drug-likeness (QED) is 0.843. The van der Waals surface area contributed by atoms with Gasteiger partial charge in [0, 0.05) is 17.6 Å². The molecule has 4 heteroatoms. The average Bonchev–Trinajstić information content (AvgIpc) is 2.40. The first kappa shape index (κ1) is 16.0. The summed E-state index contributed by atoms with van der Waals surface area (Å²) in [6, 6.07) is 7.76. The number of nitrogens with two attached hydrogens (primary N) is 1. The van der Waals surface area contributed by atoms with Crippen LogP contribution in [0.1, 0.15) is 32.8 Å². The lowest BCUT2D eigenvalue weighted by Crippen LogP contribution is -2.47. The fourth-order valence-corrected chi connectivity index (χ4v) is 1.95.